The summed E-state index contributed by atoms with van der Waals surface area (Å²) in [5, 5.41) is 0.948. The maximum Gasteiger partial charge on any atom is 0.235 e. The molecule has 1 fully saturated rings. The second kappa shape index (κ2) is 4.76. The molecule has 0 aliphatic heterocycles. The quantitative estimate of drug-likeness (QED) is 0.623. The van der Waals surface area contributed by atoms with Crippen LogP contribution in [0.1, 0.15) is 30.6 Å². The zero-order valence-electron chi connectivity index (χ0n) is 11.3. The fourth-order valence-corrected chi connectivity index (χ4v) is 3.57. The lowest BCUT2D eigenvalue weighted by atomic mass is 9.72. The summed E-state index contributed by atoms with van der Waals surface area (Å²) in [5.41, 5.74) is 1.22. The van der Waals surface area contributed by atoms with Crippen molar-refractivity contribution in [3.8, 4) is 5.75 Å². The van der Waals surface area contributed by atoms with E-state index < -0.39 is 5.54 Å². The highest BCUT2D eigenvalue weighted by Crippen LogP contribution is 2.50. The molecule has 1 aliphatic carbocycles. The summed E-state index contributed by atoms with van der Waals surface area (Å²) in [7, 11) is 1.61. The number of carbonyl (C=O) groups excluding carboxylic acids is 1. The van der Waals surface area contributed by atoms with E-state index in [-0.39, 0.29) is 0 Å². The molecule has 0 spiro atoms. The van der Waals surface area contributed by atoms with Crippen molar-refractivity contribution >= 4 is 33.0 Å². The lowest BCUT2D eigenvalue weighted by Gasteiger charge is -2.38. The Balaban J connectivity index is 2.31. The maximum absolute atomic E-state index is 10.8. The molecule has 1 aromatic carbocycles. The molecule has 3 rings (SSSR count). The minimum Gasteiger partial charge on any atom is -0.493 e. The van der Waals surface area contributed by atoms with Gasteiger partial charge in [-0.3, -0.25) is 0 Å². The van der Waals surface area contributed by atoms with E-state index in [1.165, 1.54) is 0 Å². The van der Waals surface area contributed by atoms with Gasteiger partial charge in [0.15, 0.2) is 11.3 Å². The number of isocyanates is 1. The van der Waals surface area contributed by atoms with Crippen molar-refractivity contribution < 1.29 is 13.9 Å². The zero-order chi connectivity index (χ0) is 14.3. The van der Waals surface area contributed by atoms with Crippen LogP contribution in [0.5, 0.6) is 5.75 Å². The highest BCUT2D eigenvalue weighted by Gasteiger charge is 2.41. The molecule has 0 bridgehead atoms. The van der Waals surface area contributed by atoms with Gasteiger partial charge in [0.25, 0.3) is 0 Å². The first kappa shape index (κ1) is 13.4. The second-order valence-electron chi connectivity index (χ2n) is 5.13. The van der Waals surface area contributed by atoms with E-state index in [0.29, 0.717) is 11.3 Å². The third-order valence-electron chi connectivity index (χ3n) is 3.99. The molecule has 0 amide bonds. The van der Waals surface area contributed by atoms with Crippen LogP contribution < -0.4 is 4.74 Å². The highest BCUT2D eigenvalue weighted by atomic mass is 79.9. The number of halogens is 1. The van der Waals surface area contributed by atoms with Gasteiger partial charge in [-0.25, -0.2) is 4.79 Å². The summed E-state index contributed by atoms with van der Waals surface area (Å²) in [4.78, 5) is 14.8. The minimum absolute atomic E-state index is 0.465. The van der Waals surface area contributed by atoms with Gasteiger partial charge in [0, 0.05) is 9.86 Å². The topological polar surface area (TPSA) is 51.8 Å². The molecule has 0 radical (unpaired) electrons. The Bertz CT molecular complexity index is 724. The molecule has 1 aliphatic rings. The third kappa shape index (κ3) is 1.81. The molecular weight excluding hydrogens is 322 g/mol. The van der Waals surface area contributed by atoms with Crippen LogP contribution in [0.3, 0.4) is 0 Å². The largest absolute Gasteiger partial charge is 0.493 e. The Morgan fingerprint density at radius 2 is 2.20 bits per heavy atom. The Morgan fingerprint density at radius 1 is 1.45 bits per heavy atom. The van der Waals surface area contributed by atoms with E-state index in [0.717, 1.165) is 40.4 Å². The standard InChI is InChI=1S/C15H14BrNO3/c1-9-6-10-13(16)11(7-12(19-2)14(10)20-9)15(17-8-18)4-3-5-15/h6-7H,3-5H2,1-2H3. The van der Waals surface area contributed by atoms with Crippen LogP contribution in [-0.2, 0) is 10.3 Å². The Labute approximate surface area is 124 Å². The van der Waals surface area contributed by atoms with Crippen molar-refractivity contribution in [3.63, 3.8) is 0 Å². The van der Waals surface area contributed by atoms with Gasteiger partial charge in [-0.2, -0.15) is 4.99 Å². The van der Waals surface area contributed by atoms with Gasteiger partial charge in [0.1, 0.15) is 5.76 Å². The lowest BCUT2D eigenvalue weighted by molar-refractivity contribution is 0.254. The number of benzene rings is 1. The number of rotatable bonds is 3. The molecule has 5 heteroatoms. The summed E-state index contributed by atoms with van der Waals surface area (Å²) in [6, 6.07) is 3.87. The first-order valence-electron chi connectivity index (χ1n) is 6.47. The average molecular weight is 336 g/mol. The van der Waals surface area contributed by atoms with E-state index in [2.05, 4.69) is 20.9 Å². The summed E-state index contributed by atoms with van der Waals surface area (Å²) in [6.07, 6.45) is 4.48. The number of furan rings is 1. The predicted octanol–water partition coefficient (Wildman–Crippen LogP) is 4.23. The molecule has 1 aromatic heterocycles. The van der Waals surface area contributed by atoms with E-state index in [1.54, 1.807) is 13.2 Å². The molecule has 0 saturated heterocycles. The summed E-state index contributed by atoms with van der Waals surface area (Å²) >= 11 is 3.63. The Hall–Kier alpha value is -1.58. The predicted molar refractivity (Wildman–Crippen MR) is 78.9 cm³/mol. The van der Waals surface area contributed by atoms with Crippen molar-refractivity contribution in [2.75, 3.05) is 7.11 Å². The first-order valence-corrected chi connectivity index (χ1v) is 7.27. The highest BCUT2D eigenvalue weighted by molar-refractivity contribution is 9.10. The molecule has 0 unspecified atom stereocenters. The summed E-state index contributed by atoms with van der Waals surface area (Å²) in [5.74, 6) is 1.48. The van der Waals surface area contributed by atoms with Crippen LogP contribution in [0.2, 0.25) is 0 Å². The monoisotopic (exact) mass is 335 g/mol. The van der Waals surface area contributed by atoms with Crippen molar-refractivity contribution in [3.05, 3.63) is 27.9 Å². The van der Waals surface area contributed by atoms with Crippen LogP contribution in [0.4, 0.5) is 0 Å². The number of methoxy groups -OCH3 is 1. The first-order chi connectivity index (χ1) is 9.61. The maximum atomic E-state index is 10.8. The van der Waals surface area contributed by atoms with Crippen LogP contribution in [0.15, 0.2) is 26.0 Å². The number of ether oxygens (including phenoxy) is 1. The molecule has 2 aromatic rings. The zero-order valence-corrected chi connectivity index (χ0v) is 12.9. The van der Waals surface area contributed by atoms with Crippen LogP contribution in [0.25, 0.3) is 11.0 Å². The average Bonchev–Trinajstić information content (AvgIpc) is 2.77. The number of aliphatic imine (C=N–C) groups is 1. The normalized spacial score (nSPS) is 16.6. The molecule has 0 atom stereocenters. The fraction of sp³-hybridized carbons (Fsp3) is 0.400. The van der Waals surface area contributed by atoms with Gasteiger partial charge in [-0.1, -0.05) is 0 Å². The van der Waals surface area contributed by atoms with E-state index >= 15 is 0 Å². The van der Waals surface area contributed by atoms with Gasteiger partial charge in [0.05, 0.1) is 12.6 Å². The van der Waals surface area contributed by atoms with Crippen LogP contribution in [0, 0.1) is 6.92 Å². The van der Waals surface area contributed by atoms with Crippen molar-refractivity contribution in [1.29, 1.82) is 0 Å². The molecular formula is C15H14BrNO3. The van der Waals surface area contributed by atoms with Gasteiger partial charge < -0.3 is 9.15 Å². The van der Waals surface area contributed by atoms with E-state index in [9.17, 15) is 4.79 Å². The van der Waals surface area contributed by atoms with Gasteiger partial charge in [-0.15, -0.1) is 0 Å². The third-order valence-corrected chi connectivity index (χ3v) is 4.84. The SMILES string of the molecule is COc1cc(C2(N=C=O)CCC2)c(Br)c2cc(C)oc12. The molecule has 104 valence electrons. The van der Waals surface area contributed by atoms with Gasteiger partial charge >= 0.3 is 0 Å². The van der Waals surface area contributed by atoms with Crippen LogP contribution in [-0.4, -0.2) is 13.2 Å². The van der Waals surface area contributed by atoms with Gasteiger partial charge in [-0.05, 0) is 59.8 Å². The van der Waals surface area contributed by atoms with Crippen LogP contribution >= 0.6 is 15.9 Å². The number of nitrogens with zero attached hydrogens (tertiary/aromatic N) is 1. The van der Waals surface area contributed by atoms with Crippen molar-refractivity contribution in [2.24, 2.45) is 4.99 Å². The Kier molecular flexibility index (Phi) is 3.19. The number of aryl methyl sites for hydroxylation is 1. The number of hydrogen-bond acceptors (Lipinski definition) is 4. The lowest BCUT2D eigenvalue weighted by Crippen LogP contribution is -2.32. The Morgan fingerprint density at radius 3 is 2.75 bits per heavy atom. The van der Waals surface area contributed by atoms with E-state index in [1.807, 2.05) is 19.1 Å². The smallest absolute Gasteiger partial charge is 0.235 e. The molecule has 1 heterocycles. The molecule has 0 N–H and O–H groups in total. The number of hydrogen-bond donors (Lipinski definition) is 0. The van der Waals surface area contributed by atoms with Crippen molar-refractivity contribution in [2.45, 2.75) is 31.7 Å². The second-order valence-corrected chi connectivity index (χ2v) is 5.92. The molecule has 4 nitrogen and oxygen atoms in total. The summed E-state index contributed by atoms with van der Waals surface area (Å²) < 4.78 is 12.0. The number of fused-ring (bicyclic) bond motifs is 1. The fourth-order valence-electron chi connectivity index (χ4n) is 2.80. The molecule has 20 heavy (non-hydrogen) atoms. The summed E-state index contributed by atoms with van der Waals surface area (Å²) in [6.45, 7) is 1.90. The minimum atomic E-state index is -0.465. The van der Waals surface area contributed by atoms with E-state index in [4.69, 9.17) is 9.15 Å². The van der Waals surface area contributed by atoms with Crippen molar-refractivity contribution in [1.82, 2.24) is 0 Å². The van der Waals surface area contributed by atoms with Gasteiger partial charge in [0.2, 0.25) is 6.08 Å². The molecule has 1 saturated carbocycles.